The van der Waals surface area contributed by atoms with Gasteiger partial charge in [0.15, 0.2) is 0 Å². The summed E-state index contributed by atoms with van der Waals surface area (Å²) < 4.78 is 0. The van der Waals surface area contributed by atoms with Crippen molar-refractivity contribution in [3.8, 4) is 0 Å². The summed E-state index contributed by atoms with van der Waals surface area (Å²) >= 11 is 0. The fraction of sp³-hybridized carbons (Fsp3) is 0.609. The molecule has 156 valence electrons. The summed E-state index contributed by atoms with van der Waals surface area (Å²) in [6, 6.07) is 7.39. The number of rotatable bonds is 4. The molecule has 6 nitrogen and oxygen atoms in total. The lowest BCUT2D eigenvalue weighted by molar-refractivity contribution is -0.134. The predicted molar refractivity (Wildman–Crippen MR) is 110 cm³/mol. The van der Waals surface area contributed by atoms with E-state index < -0.39 is 0 Å². The van der Waals surface area contributed by atoms with Crippen LogP contribution in [0.25, 0.3) is 0 Å². The molecule has 3 aliphatic rings. The average molecular weight is 398 g/mol. The predicted octanol–water partition coefficient (Wildman–Crippen LogP) is 2.45. The maximum atomic E-state index is 13.0. The molecule has 6 heteroatoms. The fourth-order valence-corrected chi connectivity index (χ4v) is 5.04. The van der Waals surface area contributed by atoms with E-state index in [4.69, 9.17) is 0 Å². The van der Waals surface area contributed by atoms with Gasteiger partial charge in [0.25, 0.3) is 5.91 Å². The summed E-state index contributed by atoms with van der Waals surface area (Å²) in [4.78, 5) is 38.5. The van der Waals surface area contributed by atoms with Crippen molar-refractivity contribution in [2.75, 3.05) is 26.2 Å². The second-order valence-corrected chi connectivity index (χ2v) is 8.79. The highest BCUT2D eigenvalue weighted by Crippen LogP contribution is 2.30. The first-order chi connectivity index (χ1) is 14.1. The van der Waals surface area contributed by atoms with E-state index in [1.807, 2.05) is 29.2 Å². The Labute approximate surface area is 172 Å². The third kappa shape index (κ3) is 4.86. The summed E-state index contributed by atoms with van der Waals surface area (Å²) in [5, 5.41) is 5.83. The number of benzene rings is 1. The van der Waals surface area contributed by atoms with Crippen LogP contribution in [0, 0.1) is 11.8 Å². The van der Waals surface area contributed by atoms with Gasteiger partial charge in [0.05, 0.1) is 5.92 Å². The number of likely N-dealkylation sites (tertiary alicyclic amines) is 1. The van der Waals surface area contributed by atoms with Crippen molar-refractivity contribution < 1.29 is 14.4 Å². The van der Waals surface area contributed by atoms with Gasteiger partial charge in [-0.15, -0.1) is 0 Å². The molecule has 4 rings (SSSR count). The van der Waals surface area contributed by atoms with Crippen LogP contribution in [-0.2, 0) is 9.59 Å². The number of piperidine rings is 3. The van der Waals surface area contributed by atoms with Crippen LogP contribution < -0.4 is 10.6 Å². The molecule has 1 unspecified atom stereocenters. The zero-order chi connectivity index (χ0) is 20.2. The van der Waals surface area contributed by atoms with Crippen LogP contribution in [0.3, 0.4) is 0 Å². The molecule has 0 radical (unpaired) electrons. The molecule has 2 N–H and O–H groups in total. The number of amides is 3. The molecular weight excluding hydrogens is 366 g/mol. The van der Waals surface area contributed by atoms with Gasteiger partial charge < -0.3 is 10.2 Å². The molecule has 0 aliphatic carbocycles. The third-order valence-corrected chi connectivity index (χ3v) is 6.80. The van der Waals surface area contributed by atoms with Crippen molar-refractivity contribution in [2.45, 2.75) is 50.9 Å². The number of hydrogen-bond donors (Lipinski definition) is 2. The van der Waals surface area contributed by atoms with Crippen LogP contribution in [0.4, 0.5) is 0 Å². The van der Waals surface area contributed by atoms with E-state index in [0.29, 0.717) is 18.4 Å². The normalized spacial score (nSPS) is 24.4. The van der Waals surface area contributed by atoms with Crippen molar-refractivity contribution in [2.24, 2.45) is 11.8 Å². The first-order valence-electron chi connectivity index (χ1n) is 11.0. The van der Waals surface area contributed by atoms with Gasteiger partial charge in [-0.1, -0.05) is 12.1 Å². The van der Waals surface area contributed by atoms with Crippen molar-refractivity contribution in [3.63, 3.8) is 0 Å². The molecule has 3 aliphatic heterocycles. The summed E-state index contributed by atoms with van der Waals surface area (Å²) in [5.74, 6) is 0.803. The van der Waals surface area contributed by atoms with Gasteiger partial charge in [0, 0.05) is 25.1 Å². The Morgan fingerprint density at radius 2 is 1.72 bits per heavy atom. The minimum Gasteiger partial charge on any atom is -0.339 e. The highest BCUT2D eigenvalue weighted by molar-refractivity contribution is 6.01. The van der Waals surface area contributed by atoms with E-state index in [-0.39, 0.29) is 23.6 Å². The Bertz CT molecular complexity index is 764. The van der Waals surface area contributed by atoms with E-state index in [2.05, 4.69) is 10.6 Å². The minimum absolute atomic E-state index is 0.0551. The molecule has 29 heavy (non-hydrogen) atoms. The van der Waals surface area contributed by atoms with Crippen molar-refractivity contribution in [3.05, 3.63) is 35.4 Å². The summed E-state index contributed by atoms with van der Waals surface area (Å²) in [6.45, 7) is 3.92. The number of hydrogen-bond acceptors (Lipinski definition) is 4. The Balaban J connectivity index is 1.34. The lowest BCUT2D eigenvalue weighted by atomic mass is 9.83. The number of nitrogens with zero attached hydrogens (tertiary/aromatic N) is 1. The zero-order valence-electron chi connectivity index (χ0n) is 17.0. The standard InChI is InChI=1S/C23H31N3O3/c27-21-5-4-20(22(28)25-21)18-2-1-3-19(15-18)23(29)26-12-8-17(9-13-26)14-16-6-10-24-11-7-16/h1-3,15-17,20,24H,4-14H2,(H,25,27,28). The molecule has 0 bridgehead atoms. The SMILES string of the molecule is O=C1CCC(c2cccc(C(=O)N3CCC(CC4CCNCC4)CC3)c2)C(=O)N1. The van der Waals surface area contributed by atoms with Crippen LogP contribution in [0.1, 0.15) is 66.8 Å². The van der Waals surface area contributed by atoms with Crippen LogP contribution >= 0.6 is 0 Å². The first kappa shape index (κ1) is 20.1. The van der Waals surface area contributed by atoms with Crippen molar-refractivity contribution in [1.29, 1.82) is 0 Å². The Hall–Kier alpha value is -2.21. The van der Waals surface area contributed by atoms with Gasteiger partial charge in [0.1, 0.15) is 0 Å². The van der Waals surface area contributed by atoms with Crippen molar-refractivity contribution in [1.82, 2.24) is 15.5 Å². The number of nitrogens with one attached hydrogen (secondary N) is 2. The van der Waals surface area contributed by atoms with Gasteiger partial charge in [-0.2, -0.15) is 0 Å². The van der Waals surface area contributed by atoms with E-state index in [0.717, 1.165) is 56.4 Å². The maximum Gasteiger partial charge on any atom is 0.253 e. The average Bonchev–Trinajstić information content (AvgIpc) is 2.75. The topological polar surface area (TPSA) is 78.5 Å². The molecular formula is C23H31N3O3. The van der Waals surface area contributed by atoms with Crippen LogP contribution in [0.15, 0.2) is 24.3 Å². The second kappa shape index (κ2) is 9.08. The number of carbonyl (C=O) groups is 3. The largest absolute Gasteiger partial charge is 0.339 e. The monoisotopic (exact) mass is 397 g/mol. The summed E-state index contributed by atoms with van der Waals surface area (Å²) in [7, 11) is 0. The highest BCUT2D eigenvalue weighted by Gasteiger charge is 2.30. The Morgan fingerprint density at radius 3 is 2.45 bits per heavy atom. The van der Waals surface area contributed by atoms with Crippen molar-refractivity contribution >= 4 is 17.7 Å². The van der Waals surface area contributed by atoms with Crippen LogP contribution in [-0.4, -0.2) is 48.8 Å². The minimum atomic E-state index is -0.351. The Morgan fingerprint density at radius 1 is 1.00 bits per heavy atom. The van der Waals surface area contributed by atoms with Crippen LogP contribution in [0.2, 0.25) is 0 Å². The molecule has 0 saturated carbocycles. The quantitative estimate of drug-likeness (QED) is 0.765. The lowest BCUT2D eigenvalue weighted by Crippen LogP contribution is -2.40. The van der Waals surface area contributed by atoms with E-state index in [1.54, 1.807) is 0 Å². The van der Waals surface area contributed by atoms with E-state index >= 15 is 0 Å². The third-order valence-electron chi connectivity index (χ3n) is 6.80. The molecule has 3 fully saturated rings. The van der Waals surface area contributed by atoms with E-state index in [9.17, 15) is 14.4 Å². The molecule has 3 amide bonds. The van der Waals surface area contributed by atoms with Gasteiger partial charge in [0.2, 0.25) is 11.8 Å². The first-order valence-corrected chi connectivity index (χ1v) is 11.0. The van der Waals surface area contributed by atoms with Gasteiger partial charge >= 0.3 is 0 Å². The lowest BCUT2D eigenvalue weighted by Gasteiger charge is -2.34. The molecule has 1 atom stereocenters. The second-order valence-electron chi connectivity index (χ2n) is 8.79. The summed E-state index contributed by atoms with van der Waals surface area (Å²) in [6.07, 6.45) is 6.89. The van der Waals surface area contributed by atoms with Gasteiger partial charge in [-0.3, -0.25) is 19.7 Å². The maximum absolute atomic E-state index is 13.0. The molecule has 1 aromatic carbocycles. The number of imide groups is 1. The Kier molecular flexibility index (Phi) is 6.28. The number of carbonyl (C=O) groups excluding carboxylic acids is 3. The molecule has 3 saturated heterocycles. The summed E-state index contributed by atoms with van der Waals surface area (Å²) in [5.41, 5.74) is 1.46. The molecule has 0 spiro atoms. The highest BCUT2D eigenvalue weighted by atomic mass is 16.2. The van der Waals surface area contributed by atoms with Crippen LogP contribution in [0.5, 0.6) is 0 Å². The smallest absolute Gasteiger partial charge is 0.253 e. The zero-order valence-corrected chi connectivity index (χ0v) is 17.0. The van der Waals surface area contributed by atoms with Gasteiger partial charge in [-0.05, 0) is 81.1 Å². The molecule has 0 aromatic heterocycles. The van der Waals surface area contributed by atoms with Gasteiger partial charge in [-0.25, -0.2) is 0 Å². The van der Waals surface area contributed by atoms with E-state index in [1.165, 1.54) is 19.3 Å². The fourth-order valence-electron chi connectivity index (χ4n) is 5.04. The molecule has 1 aromatic rings. The molecule has 3 heterocycles.